The molecule has 0 saturated heterocycles. The number of allylic oxidation sites excluding steroid dienone is 1. The van der Waals surface area contributed by atoms with Gasteiger partial charge in [0.1, 0.15) is 5.60 Å². The molecule has 0 bridgehead atoms. The summed E-state index contributed by atoms with van der Waals surface area (Å²) in [4.78, 5) is 4.50. The van der Waals surface area contributed by atoms with Gasteiger partial charge in [0, 0.05) is 31.2 Å². The van der Waals surface area contributed by atoms with E-state index in [9.17, 15) is 20.4 Å². The number of aliphatic hydroxyl groups is 4. The van der Waals surface area contributed by atoms with Crippen LogP contribution in [0.3, 0.4) is 0 Å². The second-order valence-corrected chi connectivity index (χ2v) is 10.4. The summed E-state index contributed by atoms with van der Waals surface area (Å²) in [7, 11) is 0. The average molecular weight is 392 g/mol. The van der Waals surface area contributed by atoms with Gasteiger partial charge in [0.05, 0.1) is 11.8 Å². The highest BCUT2D eigenvalue weighted by Crippen LogP contribution is 2.65. The largest absolute Gasteiger partial charge is 0.396 e. The van der Waals surface area contributed by atoms with E-state index in [1.807, 2.05) is 6.08 Å². The molecule has 0 aromatic rings. The van der Waals surface area contributed by atoms with E-state index >= 15 is 0 Å². The monoisotopic (exact) mass is 391 g/mol. The van der Waals surface area contributed by atoms with Gasteiger partial charge in [0.15, 0.2) is 0 Å². The minimum atomic E-state index is -0.875. The van der Waals surface area contributed by atoms with E-state index in [1.54, 1.807) is 6.20 Å². The van der Waals surface area contributed by atoms with E-state index in [0.29, 0.717) is 12.3 Å². The van der Waals surface area contributed by atoms with Crippen molar-refractivity contribution < 1.29 is 20.4 Å². The van der Waals surface area contributed by atoms with Crippen LogP contribution in [0.15, 0.2) is 17.3 Å². The maximum atomic E-state index is 11.7. The van der Waals surface area contributed by atoms with Gasteiger partial charge in [-0.2, -0.15) is 0 Å². The summed E-state index contributed by atoms with van der Waals surface area (Å²) in [5.74, 6) is 0.763. The van der Waals surface area contributed by atoms with Crippen molar-refractivity contribution in [3.05, 3.63) is 12.3 Å². The molecule has 5 heteroatoms. The number of rotatable bonds is 4. The first-order chi connectivity index (χ1) is 13.3. The summed E-state index contributed by atoms with van der Waals surface area (Å²) < 4.78 is 0. The molecule has 0 radical (unpaired) electrons. The Bertz CT molecular complexity index is 663. The quantitative estimate of drug-likeness (QED) is 0.593. The SMILES string of the molecule is C[C@]12CCC([C@@]3(C)CC[C@H](O)C[C@@H]3CO)[C@@H](CO)C1CC[C@@]2(O)C1=NC=CC1. The van der Waals surface area contributed by atoms with Crippen molar-refractivity contribution in [1.82, 2.24) is 0 Å². The van der Waals surface area contributed by atoms with Crippen LogP contribution in [0.2, 0.25) is 0 Å². The first-order valence-electron chi connectivity index (χ1n) is 11.1. The second kappa shape index (κ2) is 7.19. The summed E-state index contributed by atoms with van der Waals surface area (Å²) in [5, 5.41) is 42.4. The molecule has 0 aromatic carbocycles. The third-order valence-electron chi connectivity index (χ3n) is 9.50. The van der Waals surface area contributed by atoms with Gasteiger partial charge in [0.25, 0.3) is 0 Å². The lowest BCUT2D eigenvalue weighted by molar-refractivity contribution is -0.132. The molecule has 1 aliphatic heterocycles. The molecule has 3 saturated carbocycles. The van der Waals surface area contributed by atoms with Crippen LogP contribution in [-0.2, 0) is 0 Å². The summed E-state index contributed by atoms with van der Waals surface area (Å²) in [5.41, 5.74) is -0.316. The van der Waals surface area contributed by atoms with Crippen molar-refractivity contribution in [3.8, 4) is 0 Å². The molecule has 28 heavy (non-hydrogen) atoms. The highest BCUT2D eigenvalue weighted by molar-refractivity contribution is 5.96. The molecule has 0 spiro atoms. The van der Waals surface area contributed by atoms with Crippen molar-refractivity contribution >= 4 is 5.71 Å². The van der Waals surface area contributed by atoms with Crippen molar-refractivity contribution in [2.45, 2.75) is 76.9 Å². The highest BCUT2D eigenvalue weighted by atomic mass is 16.3. The molecule has 158 valence electrons. The predicted octanol–water partition coefficient (Wildman–Crippen LogP) is 2.67. The molecule has 8 atom stereocenters. The molecule has 4 N–H and O–H groups in total. The van der Waals surface area contributed by atoms with Gasteiger partial charge in [-0.1, -0.05) is 19.9 Å². The van der Waals surface area contributed by atoms with Gasteiger partial charge in [-0.25, -0.2) is 0 Å². The minimum absolute atomic E-state index is 0.0725. The zero-order valence-electron chi connectivity index (χ0n) is 17.3. The molecule has 1 heterocycles. The number of hydrogen-bond donors (Lipinski definition) is 4. The molecule has 3 fully saturated rings. The highest BCUT2D eigenvalue weighted by Gasteiger charge is 2.64. The maximum Gasteiger partial charge on any atom is 0.109 e. The van der Waals surface area contributed by atoms with E-state index < -0.39 is 5.60 Å². The van der Waals surface area contributed by atoms with E-state index in [1.165, 1.54) is 0 Å². The molecule has 2 unspecified atom stereocenters. The molecule has 3 aliphatic carbocycles. The lowest BCUT2D eigenvalue weighted by Crippen LogP contribution is -2.58. The van der Waals surface area contributed by atoms with Crippen LogP contribution < -0.4 is 0 Å². The van der Waals surface area contributed by atoms with Crippen molar-refractivity contribution in [1.29, 1.82) is 0 Å². The first kappa shape index (κ1) is 20.5. The Morgan fingerprint density at radius 1 is 1.04 bits per heavy atom. The van der Waals surface area contributed by atoms with Crippen molar-refractivity contribution in [2.24, 2.45) is 39.5 Å². The zero-order chi connectivity index (χ0) is 20.2. The van der Waals surface area contributed by atoms with Crippen LogP contribution in [-0.4, -0.2) is 51.1 Å². The van der Waals surface area contributed by atoms with Crippen LogP contribution in [0.25, 0.3) is 0 Å². The van der Waals surface area contributed by atoms with Gasteiger partial charge in [-0.05, 0) is 74.0 Å². The van der Waals surface area contributed by atoms with Crippen LogP contribution in [0.1, 0.15) is 65.2 Å². The third kappa shape index (κ3) is 2.77. The molecule has 4 aliphatic rings. The normalized spacial score (nSPS) is 51.2. The Balaban J connectivity index is 1.64. The van der Waals surface area contributed by atoms with E-state index in [-0.39, 0.29) is 47.9 Å². The van der Waals surface area contributed by atoms with E-state index in [0.717, 1.165) is 50.7 Å². The van der Waals surface area contributed by atoms with Gasteiger partial charge in [-0.3, -0.25) is 4.99 Å². The molecule has 5 nitrogen and oxygen atoms in total. The van der Waals surface area contributed by atoms with Crippen LogP contribution >= 0.6 is 0 Å². The maximum absolute atomic E-state index is 11.7. The van der Waals surface area contributed by atoms with Gasteiger partial charge in [0.2, 0.25) is 0 Å². The molecular formula is C23H37NO4. The number of nitrogens with zero attached hydrogens (tertiary/aromatic N) is 1. The number of aliphatic imine (C=N–C) groups is 1. The van der Waals surface area contributed by atoms with E-state index in [4.69, 9.17) is 0 Å². The second-order valence-electron chi connectivity index (χ2n) is 10.4. The Labute approximate surface area is 168 Å². The van der Waals surface area contributed by atoms with Crippen LogP contribution in [0.5, 0.6) is 0 Å². The molecule has 4 rings (SSSR count). The smallest absolute Gasteiger partial charge is 0.109 e. The molecule has 0 amide bonds. The Kier molecular flexibility index (Phi) is 5.27. The van der Waals surface area contributed by atoms with Gasteiger partial charge >= 0.3 is 0 Å². The third-order valence-corrected chi connectivity index (χ3v) is 9.50. The Morgan fingerprint density at radius 3 is 2.43 bits per heavy atom. The van der Waals surface area contributed by atoms with Crippen LogP contribution in [0, 0.1) is 34.5 Å². The summed E-state index contributed by atoms with van der Waals surface area (Å²) in [6.07, 6.45) is 10.0. The van der Waals surface area contributed by atoms with Crippen molar-refractivity contribution in [3.63, 3.8) is 0 Å². The van der Waals surface area contributed by atoms with Crippen LogP contribution in [0.4, 0.5) is 0 Å². The summed E-state index contributed by atoms with van der Waals surface area (Å²) >= 11 is 0. The van der Waals surface area contributed by atoms with E-state index in [2.05, 4.69) is 18.8 Å². The Hall–Kier alpha value is -0.750. The fourth-order valence-electron chi connectivity index (χ4n) is 7.65. The minimum Gasteiger partial charge on any atom is -0.396 e. The average Bonchev–Trinajstić information content (AvgIpc) is 3.31. The topological polar surface area (TPSA) is 93.3 Å². The number of aliphatic hydroxyl groups excluding tert-OH is 3. The van der Waals surface area contributed by atoms with Crippen molar-refractivity contribution in [2.75, 3.05) is 13.2 Å². The molecule has 0 aromatic heterocycles. The zero-order valence-corrected chi connectivity index (χ0v) is 17.3. The molecular weight excluding hydrogens is 354 g/mol. The number of fused-ring (bicyclic) bond motifs is 1. The Morgan fingerprint density at radius 2 is 1.79 bits per heavy atom. The van der Waals surface area contributed by atoms with Gasteiger partial charge in [-0.15, -0.1) is 0 Å². The first-order valence-corrected chi connectivity index (χ1v) is 11.1. The lowest BCUT2D eigenvalue weighted by Gasteiger charge is -2.58. The fourth-order valence-corrected chi connectivity index (χ4v) is 7.65. The fraction of sp³-hybridized carbons (Fsp3) is 0.870. The summed E-state index contributed by atoms with van der Waals surface area (Å²) in [6, 6.07) is 0. The standard InChI is InChI=1S/C23H37NO4/c1-21(8-5-16(27)12-15(21)13-25)18-6-9-22(2)19(17(18)14-26)7-10-23(22,28)20-4-3-11-24-20/h3,11,15-19,25-28H,4-10,12-14H2,1-2H3/t15-,16+,17-,18?,19?,21+,22+,23-/m1/s1. The lowest BCUT2D eigenvalue weighted by atomic mass is 9.48. The summed E-state index contributed by atoms with van der Waals surface area (Å²) in [6.45, 7) is 4.70. The number of hydrogen-bond acceptors (Lipinski definition) is 5. The predicted molar refractivity (Wildman–Crippen MR) is 109 cm³/mol. The van der Waals surface area contributed by atoms with Gasteiger partial charge < -0.3 is 20.4 Å².